The molecule has 1 heterocycles. The van der Waals surface area contributed by atoms with Gasteiger partial charge in [-0.05, 0) is 25.7 Å². The van der Waals surface area contributed by atoms with Gasteiger partial charge in [0.2, 0.25) is 0 Å². The molecule has 2 N–H and O–H groups in total. The average Bonchev–Trinajstić information content (AvgIpc) is 3.61. The number of aliphatic hydroxyl groups excluding tert-OH is 1. The molecule has 7 atom stereocenters. The molecule has 2 aliphatic rings. The monoisotopic (exact) mass is 656 g/mol. The molecule has 0 aromatic rings. The Morgan fingerprint density at radius 1 is 0.609 bits per heavy atom. The van der Waals surface area contributed by atoms with Gasteiger partial charge in [0.05, 0.1) is 2.74 Å². The summed E-state index contributed by atoms with van der Waals surface area (Å²) < 4.78 is 41.9. The molecule has 2 fully saturated rings. The van der Waals surface area contributed by atoms with E-state index in [1.54, 1.807) is 7.11 Å². The predicted octanol–water partition coefficient (Wildman–Crippen LogP) is 10.4. The molecule has 0 radical (unpaired) electrons. The number of aliphatic hydroxyl groups is 1. The summed E-state index contributed by atoms with van der Waals surface area (Å²) in [5.41, 5.74) is 0. The lowest BCUT2D eigenvalue weighted by atomic mass is 9.97. The zero-order valence-corrected chi connectivity index (χ0v) is 30.7. The lowest BCUT2D eigenvalue weighted by Gasteiger charge is -2.44. The smallest absolute Gasteiger partial charge is 0.186 e. The second-order valence-corrected chi connectivity index (χ2v) is 14.3. The van der Waals surface area contributed by atoms with E-state index in [4.69, 9.17) is 21.7 Å². The molecule has 3 unspecified atom stereocenters. The van der Waals surface area contributed by atoms with E-state index in [2.05, 4.69) is 19.2 Å². The average molecular weight is 656 g/mol. The minimum absolute atomic E-state index is 0.448. The van der Waals surface area contributed by atoms with Crippen molar-refractivity contribution in [3.8, 4) is 0 Å². The number of unbranched alkanes of at least 4 members (excludes halogenated alkanes) is 20. The van der Waals surface area contributed by atoms with Crippen LogP contribution >= 0.6 is 0 Å². The molecule has 0 aromatic heterocycles. The summed E-state index contributed by atoms with van der Waals surface area (Å²) in [6.45, 7) is 3.52. The summed E-state index contributed by atoms with van der Waals surface area (Å²) in [5, 5.41) is 15.1. The van der Waals surface area contributed by atoms with Gasteiger partial charge in [0.1, 0.15) is 24.4 Å². The molecular weight excluding hydrogens is 574 g/mol. The number of ether oxygens (including phenoxy) is 4. The van der Waals surface area contributed by atoms with Gasteiger partial charge < -0.3 is 29.4 Å². The van der Waals surface area contributed by atoms with Gasteiger partial charge in [0.15, 0.2) is 6.29 Å². The van der Waals surface area contributed by atoms with Crippen molar-refractivity contribution in [3.05, 3.63) is 0 Å². The molecule has 1 aliphatic carbocycles. The molecule has 6 heteroatoms. The zero-order valence-electron chi connectivity index (χ0n) is 32.7. The highest BCUT2D eigenvalue weighted by Crippen LogP contribution is 2.28. The lowest BCUT2D eigenvalue weighted by molar-refractivity contribution is -0.305. The van der Waals surface area contributed by atoms with Crippen LogP contribution in [0, 0.1) is 0 Å². The Morgan fingerprint density at radius 2 is 1.00 bits per heavy atom. The van der Waals surface area contributed by atoms with E-state index in [1.165, 1.54) is 128 Å². The van der Waals surface area contributed by atoms with E-state index in [0.29, 0.717) is 25.4 Å². The summed E-state index contributed by atoms with van der Waals surface area (Å²) in [6, 6.07) is 0.448. The highest BCUT2D eigenvalue weighted by Gasteiger charge is 2.47. The highest BCUT2D eigenvalue weighted by atomic mass is 16.7. The largest absolute Gasteiger partial charge is 0.388 e. The molecule has 1 aliphatic heterocycles. The van der Waals surface area contributed by atoms with Crippen LogP contribution < -0.4 is 5.32 Å². The number of nitrogens with one attached hydrogen (secondary N) is 1. The van der Waals surface area contributed by atoms with Crippen LogP contribution in [0.1, 0.15) is 196 Å². The fourth-order valence-corrected chi connectivity index (χ4v) is 7.10. The third-order valence-electron chi connectivity index (χ3n) is 10.2. The first-order chi connectivity index (χ1) is 23.5. The van der Waals surface area contributed by atoms with Crippen LogP contribution in [-0.2, 0) is 18.9 Å². The van der Waals surface area contributed by atoms with Crippen LogP contribution in [0.3, 0.4) is 0 Å². The SMILES string of the molecule is [2H]C(CCCCCCCCCCCCC)O[C@H]1[C@H](O)[C@@H](CNC2CCCC2)OC(OC)[C@@H]1OC([2H])CCCCCCCCCCCCC. The van der Waals surface area contributed by atoms with E-state index in [1.807, 2.05) is 0 Å². The third kappa shape index (κ3) is 19.7. The first kappa shape index (κ1) is 38.6. The maximum atomic E-state index is 11.5. The Kier molecular flexibility index (Phi) is 24.9. The van der Waals surface area contributed by atoms with Gasteiger partial charge in [-0.25, -0.2) is 0 Å². The topological polar surface area (TPSA) is 69.2 Å². The molecule has 0 amide bonds. The van der Waals surface area contributed by atoms with Gasteiger partial charge in [0.25, 0.3) is 0 Å². The minimum atomic E-state index is -0.963. The Labute approximate surface area is 289 Å². The van der Waals surface area contributed by atoms with Crippen molar-refractivity contribution in [2.75, 3.05) is 26.8 Å². The van der Waals surface area contributed by atoms with E-state index in [-0.39, 0.29) is 0 Å². The van der Waals surface area contributed by atoms with Crippen LogP contribution in [-0.4, -0.2) is 68.7 Å². The summed E-state index contributed by atoms with van der Waals surface area (Å²) in [7, 11) is 1.59. The number of hydrogen-bond donors (Lipinski definition) is 2. The van der Waals surface area contributed by atoms with Gasteiger partial charge in [-0.1, -0.05) is 168 Å². The quantitative estimate of drug-likeness (QED) is 0.0703. The van der Waals surface area contributed by atoms with Gasteiger partial charge in [0, 0.05) is 32.9 Å². The highest BCUT2D eigenvalue weighted by molar-refractivity contribution is 4.93. The van der Waals surface area contributed by atoms with Crippen molar-refractivity contribution in [3.63, 3.8) is 0 Å². The van der Waals surface area contributed by atoms with E-state index >= 15 is 0 Å². The second-order valence-electron chi connectivity index (χ2n) is 14.3. The van der Waals surface area contributed by atoms with Gasteiger partial charge >= 0.3 is 0 Å². The van der Waals surface area contributed by atoms with Crippen molar-refractivity contribution < 1.29 is 26.8 Å². The van der Waals surface area contributed by atoms with E-state index in [0.717, 1.165) is 38.5 Å². The molecule has 1 saturated carbocycles. The zero-order chi connectivity index (χ0) is 34.7. The van der Waals surface area contributed by atoms with E-state index < -0.39 is 43.9 Å². The number of hydrogen-bond acceptors (Lipinski definition) is 6. The van der Waals surface area contributed by atoms with Crippen molar-refractivity contribution >= 4 is 0 Å². The Balaban J connectivity index is 1.78. The lowest BCUT2D eigenvalue weighted by Crippen LogP contribution is -2.62. The molecule has 0 spiro atoms. The summed E-state index contributed by atoms with van der Waals surface area (Å²) in [6.07, 6.45) is 30.1. The first-order valence-corrected chi connectivity index (χ1v) is 20.2. The molecule has 0 aromatic carbocycles. The number of methoxy groups -OCH3 is 1. The third-order valence-corrected chi connectivity index (χ3v) is 10.2. The summed E-state index contributed by atoms with van der Waals surface area (Å²) in [4.78, 5) is 0. The normalized spacial score (nSPS) is 25.9. The Morgan fingerprint density at radius 3 is 1.41 bits per heavy atom. The second kappa shape index (κ2) is 29.7. The van der Waals surface area contributed by atoms with Crippen LogP contribution in [0.25, 0.3) is 0 Å². The van der Waals surface area contributed by atoms with E-state index in [9.17, 15) is 5.11 Å². The van der Waals surface area contributed by atoms with Crippen molar-refractivity contribution in [2.45, 2.75) is 230 Å². The van der Waals surface area contributed by atoms with Gasteiger partial charge in [-0.15, -0.1) is 0 Å². The minimum Gasteiger partial charge on any atom is -0.388 e. The molecule has 0 bridgehead atoms. The molecule has 6 nitrogen and oxygen atoms in total. The Bertz CT molecular complexity index is 715. The maximum Gasteiger partial charge on any atom is 0.186 e. The van der Waals surface area contributed by atoms with Crippen molar-refractivity contribution in [1.29, 1.82) is 0 Å². The van der Waals surface area contributed by atoms with Crippen LogP contribution in [0.2, 0.25) is 0 Å². The molecule has 2 rings (SSSR count). The predicted molar refractivity (Wildman–Crippen MR) is 194 cm³/mol. The summed E-state index contributed by atoms with van der Waals surface area (Å²) in [5.74, 6) is 0. The fraction of sp³-hybridized carbons (Fsp3) is 1.00. The standard InChI is InChI=1S/C40H79NO5/c1-4-6-8-10-12-14-16-18-20-22-24-28-32-44-38-37(42)36(34-41-35-30-26-27-31-35)46-40(43-3)39(38)45-33-29-25-23-21-19-17-15-13-11-9-7-5-2/h35-42H,4-34H2,1-3H3/t36-,37-,38+,39-,40?/m1/s1/i32D,33D/t32?,33?,36-,37-,38+,39-,40?. The summed E-state index contributed by atoms with van der Waals surface area (Å²) >= 11 is 0. The van der Waals surface area contributed by atoms with Gasteiger partial charge in [-0.2, -0.15) is 0 Å². The van der Waals surface area contributed by atoms with Gasteiger partial charge in [-0.3, -0.25) is 0 Å². The van der Waals surface area contributed by atoms with Crippen molar-refractivity contribution in [2.24, 2.45) is 0 Å². The molecule has 1 saturated heterocycles. The van der Waals surface area contributed by atoms with Crippen LogP contribution in [0.15, 0.2) is 0 Å². The van der Waals surface area contributed by atoms with Crippen LogP contribution in [0.5, 0.6) is 0 Å². The molecule has 46 heavy (non-hydrogen) atoms. The first-order valence-electron chi connectivity index (χ1n) is 21.4. The Hall–Kier alpha value is -0.240. The van der Waals surface area contributed by atoms with Crippen LogP contribution in [0.4, 0.5) is 0 Å². The maximum absolute atomic E-state index is 11.5. The van der Waals surface area contributed by atoms with Crippen molar-refractivity contribution in [1.82, 2.24) is 5.32 Å². The molecule has 274 valence electrons. The fourth-order valence-electron chi connectivity index (χ4n) is 7.10. The molecular formula is C40H79NO5. The number of rotatable bonds is 32.